The highest BCUT2D eigenvalue weighted by Crippen LogP contribution is 2.47. The van der Waals surface area contributed by atoms with Crippen LogP contribution in [-0.2, 0) is 13.0 Å². The number of nitrogens with zero attached hydrogens (tertiary/aromatic N) is 1. The molecule has 0 bridgehead atoms. The molecule has 0 heterocycles. The van der Waals surface area contributed by atoms with Crippen molar-refractivity contribution in [3.63, 3.8) is 0 Å². The van der Waals surface area contributed by atoms with E-state index in [1.54, 1.807) is 0 Å². The van der Waals surface area contributed by atoms with Gasteiger partial charge in [-0.25, -0.2) is 0 Å². The van der Waals surface area contributed by atoms with Crippen LogP contribution in [0.1, 0.15) is 57.6 Å². The number of fused-ring (bicyclic) bond motifs is 2. The molecule has 0 aliphatic carbocycles. The summed E-state index contributed by atoms with van der Waals surface area (Å²) in [4.78, 5) is 2.68. The predicted octanol–water partition coefficient (Wildman–Crippen LogP) is 13.3. The van der Waals surface area contributed by atoms with Crippen LogP contribution in [-0.4, -0.2) is 18.0 Å². The van der Waals surface area contributed by atoms with Gasteiger partial charge in [-0.3, -0.25) is 4.90 Å². The van der Waals surface area contributed by atoms with E-state index in [1.807, 2.05) is 12.1 Å². The summed E-state index contributed by atoms with van der Waals surface area (Å²) in [6.45, 7) is 9.92. The van der Waals surface area contributed by atoms with E-state index in [9.17, 15) is 0 Å². The Labute approximate surface area is 284 Å². The third-order valence-corrected chi connectivity index (χ3v) is 9.70. The average molecular weight is 645 g/mol. The van der Waals surface area contributed by atoms with E-state index in [0.717, 1.165) is 47.2 Å². The minimum atomic E-state index is 0.755. The molecule has 0 atom stereocenters. The zero-order valence-corrected chi connectivity index (χ0v) is 28.8. The van der Waals surface area contributed by atoms with Gasteiger partial charge < -0.3 is 0 Å². The summed E-state index contributed by atoms with van der Waals surface area (Å²) < 4.78 is 0. The Hall–Kier alpha value is -3.62. The van der Waals surface area contributed by atoms with Gasteiger partial charge in [-0.2, -0.15) is 0 Å². The minimum Gasteiger partial charge on any atom is -0.299 e. The molecule has 234 valence electrons. The smallest absolute Gasteiger partial charge is 0.0412 e. The fourth-order valence-corrected chi connectivity index (χ4v) is 7.35. The maximum absolute atomic E-state index is 6.67. The van der Waals surface area contributed by atoms with Gasteiger partial charge in [0.15, 0.2) is 0 Å². The largest absolute Gasteiger partial charge is 0.299 e. The van der Waals surface area contributed by atoms with E-state index in [-0.39, 0.29) is 0 Å². The molecule has 0 saturated carbocycles. The molecule has 0 aromatic heterocycles. The van der Waals surface area contributed by atoms with Crippen LogP contribution in [0.25, 0.3) is 54.9 Å². The van der Waals surface area contributed by atoms with Gasteiger partial charge in [0.1, 0.15) is 0 Å². The van der Waals surface area contributed by atoms with Crippen LogP contribution in [0.3, 0.4) is 0 Å². The first kappa shape index (κ1) is 32.3. The van der Waals surface area contributed by atoms with E-state index in [4.69, 9.17) is 23.2 Å². The average Bonchev–Trinajstić information content (AvgIpc) is 3.08. The van der Waals surface area contributed by atoms with Gasteiger partial charge >= 0.3 is 0 Å². The van der Waals surface area contributed by atoms with Crippen LogP contribution in [0.2, 0.25) is 10.0 Å². The zero-order chi connectivity index (χ0) is 32.0. The van der Waals surface area contributed by atoms with Gasteiger partial charge in [0, 0.05) is 16.6 Å². The number of unbranched alkanes of at least 4 members (excludes halogenated alkanes) is 2. The Bertz CT molecular complexity index is 1970. The van der Waals surface area contributed by atoms with E-state index in [1.165, 1.54) is 80.6 Å². The lowest BCUT2D eigenvalue weighted by atomic mass is 9.80. The lowest BCUT2D eigenvalue weighted by Crippen LogP contribution is -2.26. The molecular weight excluding hydrogens is 601 g/mol. The quantitative estimate of drug-likeness (QED) is 0.128. The minimum absolute atomic E-state index is 0.755. The third-order valence-electron chi connectivity index (χ3n) is 9.23. The molecule has 0 fully saturated rings. The lowest BCUT2D eigenvalue weighted by molar-refractivity contribution is 0.258. The number of benzene rings is 6. The molecular formula is C43H43Cl2N. The van der Waals surface area contributed by atoms with Crippen LogP contribution >= 0.6 is 23.2 Å². The van der Waals surface area contributed by atoms with Crippen molar-refractivity contribution in [1.29, 1.82) is 0 Å². The summed E-state index contributed by atoms with van der Waals surface area (Å²) in [6.07, 6.45) is 5.63. The van der Waals surface area contributed by atoms with E-state index in [2.05, 4.69) is 123 Å². The molecule has 0 aliphatic heterocycles. The van der Waals surface area contributed by atoms with Crippen molar-refractivity contribution in [3.8, 4) is 33.4 Å². The highest BCUT2D eigenvalue weighted by Gasteiger charge is 2.24. The van der Waals surface area contributed by atoms with Crippen molar-refractivity contribution in [3.05, 3.63) is 130 Å². The van der Waals surface area contributed by atoms with Crippen molar-refractivity contribution in [2.75, 3.05) is 13.1 Å². The normalized spacial score (nSPS) is 11.6. The number of hydrogen-bond acceptors (Lipinski definition) is 1. The summed E-state index contributed by atoms with van der Waals surface area (Å²) in [5.74, 6) is 0. The number of halogens is 2. The van der Waals surface area contributed by atoms with Gasteiger partial charge in [-0.15, -0.1) is 0 Å². The summed E-state index contributed by atoms with van der Waals surface area (Å²) in [5, 5.41) is 6.57. The van der Waals surface area contributed by atoms with Crippen LogP contribution in [0, 0.1) is 0 Å². The summed E-state index contributed by atoms with van der Waals surface area (Å²) in [7, 11) is 0. The summed E-state index contributed by atoms with van der Waals surface area (Å²) in [6, 6.07) is 39.3. The Morgan fingerprint density at radius 1 is 0.522 bits per heavy atom. The standard InChI is InChI=1S/C43H43Cl2N/c1-4-7-23-46(24-8-5-2)29-41-40(31-18-14-20-35(45)26-31)28-33-16-10-12-22-38(33)43(41)42-36(6-3)39(30-17-13-19-34(44)25-30)27-32-15-9-11-21-37(32)42/h9-22,25-28H,4-8,23-24,29H2,1-3H3. The van der Waals surface area contributed by atoms with Crippen molar-refractivity contribution in [2.24, 2.45) is 0 Å². The Morgan fingerprint density at radius 3 is 1.48 bits per heavy atom. The monoisotopic (exact) mass is 643 g/mol. The summed E-state index contributed by atoms with van der Waals surface area (Å²) in [5.41, 5.74) is 10.2. The highest BCUT2D eigenvalue weighted by molar-refractivity contribution is 6.31. The van der Waals surface area contributed by atoms with Crippen molar-refractivity contribution < 1.29 is 0 Å². The van der Waals surface area contributed by atoms with Crippen LogP contribution in [0.4, 0.5) is 0 Å². The topological polar surface area (TPSA) is 3.24 Å². The molecule has 3 heteroatoms. The maximum Gasteiger partial charge on any atom is 0.0412 e. The van der Waals surface area contributed by atoms with Crippen molar-refractivity contribution in [1.82, 2.24) is 4.90 Å². The van der Waals surface area contributed by atoms with Gasteiger partial charge in [0.25, 0.3) is 0 Å². The molecule has 6 rings (SSSR count). The predicted molar refractivity (Wildman–Crippen MR) is 202 cm³/mol. The first-order valence-electron chi connectivity index (χ1n) is 16.9. The third kappa shape index (κ3) is 6.74. The molecule has 0 radical (unpaired) electrons. The second-order valence-electron chi connectivity index (χ2n) is 12.4. The van der Waals surface area contributed by atoms with Crippen molar-refractivity contribution in [2.45, 2.75) is 59.4 Å². The van der Waals surface area contributed by atoms with Gasteiger partial charge in [0.05, 0.1) is 0 Å². The fourth-order valence-electron chi connectivity index (χ4n) is 6.97. The summed E-state index contributed by atoms with van der Waals surface area (Å²) >= 11 is 13.3. The first-order chi connectivity index (χ1) is 22.5. The van der Waals surface area contributed by atoms with Crippen LogP contribution < -0.4 is 0 Å². The number of rotatable bonds is 12. The molecule has 6 aromatic carbocycles. The highest BCUT2D eigenvalue weighted by atomic mass is 35.5. The molecule has 0 N–H and O–H groups in total. The van der Waals surface area contributed by atoms with E-state index >= 15 is 0 Å². The molecule has 1 nitrogen and oxygen atoms in total. The van der Waals surface area contributed by atoms with Crippen molar-refractivity contribution >= 4 is 44.7 Å². The second kappa shape index (κ2) is 14.9. The molecule has 0 unspecified atom stereocenters. The molecule has 46 heavy (non-hydrogen) atoms. The molecule has 0 spiro atoms. The Morgan fingerprint density at radius 2 is 1.00 bits per heavy atom. The SMILES string of the molecule is CCCCN(CCCC)Cc1c(-c2cccc(Cl)c2)cc2ccccc2c1-c1c(CC)c(-c2cccc(Cl)c2)cc2ccccc12. The molecule has 0 amide bonds. The number of hydrogen-bond donors (Lipinski definition) is 0. The molecule has 6 aromatic rings. The first-order valence-corrected chi connectivity index (χ1v) is 17.6. The van der Waals surface area contributed by atoms with Gasteiger partial charge in [-0.05, 0) is 135 Å². The molecule has 0 aliphatic rings. The Balaban J connectivity index is 1.76. The molecule has 0 saturated heterocycles. The van der Waals surface area contributed by atoms with Crippen LogP contribution in [0.5, 0.6) is 0 Å². The zero-order valence-electron chi connectivity index (χ0n) is 27.3. The second-order valence-corrected chi connectivity index (χ2v) is 13.2. The van der Waals surface area contributed by atoms with Gasteiger partial charge in [-0.1, -0.05) is 130 Å². The Kier molecular flexibility index (Phi) is 10.4. The van der Waals surface area contributed by atoms with E-state index in [0.29, 0.717) is 0 Å². The fraction of sp³-hybridized carbons (Fsp3) is 0.256. The lowest BCUT2D eigenvalue weighted by Gasteiger charge is -2.28. The van der Waals surface area contributed by atoms with Gasteiger partial charge in [0.2, 0.25) is 0 Å². The maximum atomic E-state index is 6.67. The van der Waals surface area contributed by atoms with Crippen LogP contribution in [0.15, 0.2) is 109 Å². The van der Waals surface area contributed by atoms with E-state index < -0.39 is 0 Å².